The van der Waals surface area contributed by atoms with E-state index in [1.807, 2.05) is 0 Å². The van der Waals surface area contributed by atoms with E-state index in [1.54, 1.807) is 0 Å². The molecule has 0 radical (unpaired) electrons. The normalized spacial score (nSPS) is 12.8. The zero-order valence-electron chi connectivity index (χ0n) is 22.8. The molecule has 7 rings (SSSR count). The van der Waals surface area contributed by atoms with Gasteiger partial charge >= 0.3 is 0 Å². The predicted octanol–water partition coefficient (Wildman–Crippen LogP) is 11.6. The van der Waals surface area contributed by atoms with Crippen molar-refractivity contribution in [3.63, 3.8) is 0 Å². The first-order valence-electron chi connectivity index (χ1n) is 14.2. The van der Waals surface area contributed by atoms with Gasteiger partial charge in [-0.25, -0.2) is 0 Å². The minimum absolute atomic E-state index is 1.11. The Kier molecular flexibility index (Phi) is 7.11. The zero-order valence-corrected chi connectivity index (χ0v) is 22.8. The number of hydrogen-bond acceptors (Lipinski definition) is 0. The Morgan fingerprint density at radius 1 is 0.487 bits per heavy atom. The molecule has 0 aromatic heterocycles. The van der Waals surface area contributed by atoms with E-state index in [0.717, 1.165) is 12.8 Å². The summed E-state index contributed by atoms with van der Waals surface area (Å²) >= 11 is 0. The third kappa shape index (κ3) is 4.79. The van der Waals surface area contributed by atoms with E-state index in [0.29, 0.717) is 0 Å². The predicted molar refractivity (Wildman–Crippen MR) is 172 cm³/mol. The molecule has 0 heteroatoms. The molecule has 1 aliphatic carbocycles. The van der Waals surface area contributed by atoms with Gasteiger partial charge in [0.15, 0.2) is 0 Å². The monoisotopic (exact) mass is 502 g/mol. The SMILES string of the molecule is C1=CC(c2cccc(-c3c4ccccc4c(-c4ccc5ccccc5c4)c4ccccc34)c2)=CCC1.CCC. The number of fused-ring (bicyclic) bond motifs is 3. The Bertz CT molecular complexity index is 1790. The second-order valence-corrected chi connectivity index (χ2v) is 10.3. The van der Waals surface area contributed by atoms with Gasteiger partial charge in [-0.15, -0.1) is 0 Å². The average molecular weight is 503 g/mol. The van der Waals surface area contributed by atoms with Crippen molar-refractivity contribution in [2.24, 2.45) is 0 Å². The largest absolute Gasteiger partial charge is 0.0836 e. The van der Waals surface area contributed by atoms with Crippen molar-refractivity contribution in [2.75, 3.05) is 0 Å². The molecule has 0 unspecified atom stereocenters. The van der Waals surface area contributed by atoms with E-state index in [2.05, 4.69) is 147 Å². The molecule has 1 aliphatic rings. The zero-order chi connectivity index (χ0) is 26.6. The summed E-state index contributed by atoms with van der Waals surface area (Å²) in [5, 5.41) is 7.73. The van der Waals surface area contributed by atoms with E-state index in [9.17, 15) is 0 Å². The molecule has 39 heavy (non-hydrogen) atoms. The van der Waals surface area contributed by atoms with E-state index in [1.165, 1.54) is 72.1 Å². The topological polar surface area (TPSA) is 0 Å². The van der Waals surface area contributed by atoms with Gasteiger partial charge in [0, 0.05) is 0 Å². The quantitative estimate of drug-likeness (QED) is 0.211. The summed E-state index contributed by atoms with van der Waals surface area (Å²) in [5.41, 5.74) is 7.77. The second-order valence-electron chi connectivity index (χ2n) is 10.3. The molecule has 190 valence electrons. The molecule has 6 aromatic rings. The lowest BCUT2D eigenvalue weighted by atomic mass is 9.85. The first kappa shape index (κ1) is 24.9. The smallest absolute Gasteiger partial charge is 0.00262 e. The molecule has 0 amide bonds. The molecule has 0 spiro atoms. The Morgan fingerprint density at radius 3 is 1.62 bits per heavy atom. The summed E-state index contributed by atoms with van der Waals surface area (Å²) in [6, 6.07) is 42.4. The molecule has 0 atom stereocenters. The summed E-state index contributed by atoms with van der Waals surface area (Å²) in [6.45, 7) is 4.25. The molecule has 0 saturated carbocycles. The van der Waals surface area contributed by atoms with Crippen molar-refractivity contribution in [1.29, 1.82) is 0 Å². The Balaban J connectivity index is 0.000000883. The van der Waals surface area contributed by atoms with Crippen LogP contribution in [0.5, 0.6) is 0 Å². The minimum atomic E-state index is 1.11. The molecule has 0 heterocycles. The lowest BCUT2D eigenvalue weighted by Gasteiger charge is -2.18. The Morgan fingerprint density at radius 2 is 1.03 bits per heavy atom. The Labute approximate surface area is 231 Å². The summed E-state index contributed by atoms with van der Waals surface area (Å²) < 4.78 is 0. The lowest BCUT2D eigenvalue weighted by Crippen LogP contribution is -1.92. The maximum Gasteiger partial charge on any atom is -0.00262 e. The molecule has 0 fully saturated rings. The van der Waals surface area contributed by atoms with Crippen LogP contribution in [-0.2, 0) is 0 Å². The molecular weight excluding hydrogens is 468 g/mol. The highest BCUT2D eigenvalue weighted by Gasteiger charge is 2.17. The van der Waals surface area contributed by atoms with E-state index in [-0.39, 0.29) is 0 Å². The van der Waals surface area contributed by atoms with Crippen LogP contribution in [0.25, 0.3) is 60.1 Å². The molecule has 0 N–H and O–H groups in total. The van der Waals surface area contributed by atoms with Gasteiger partial charge in [0.25, 0.3) is 0 Å². The number of allylic oxidation sites excluding steroid dienone is 4. The average Bonchev–Trinajstić information content (AvgIpc) is 3.00. The van der Waals surface area contributed by atoms with Gasteiger partial charge in [-0.3, -0.25) is 0 Å². The van der Waals surface area contributed by atoms with Crippen molar-refractivity contribution >= 4 is 37.9 Å². The van der Waals surface area contributed by atoms with Crippen molar-refractivity contribution in [2.45, 2.75) is 33.1 Å². The fourth-order valence-corrected chi connectivity index (χ4v) is 5.78. The summed E-state index contributed by atoms with van der Waals surface area (Å²) in [5.74, 6) is 0. The van der Waals surface area contributed by atoms with E-state index in [4.69, 9.17) is 0 Å². The van der Waals surface area contributed by atoms with Crippen LogP contribution < -0.4 is 0 Å². The van der Waals surface area contributed by atoms with Crippen LogP contribution in [-0.4, -0.2) is 0 Å². The van der Waals surface area contributed by atoms with Crippen LogP contribution in [0.3, 0.4) is 0 Å². The van der Waals surface area contributed by atoms with Gasteiger partial charge < -0.3 is 0 Å². The third-order valence-electron chi connectivity index (χ3n) is 7.45. The van der Waals surface area contributed by atoms with Gasteiger partial charge in [0.05, 0.1) is 0 Å². The van der Waals surface area contributed by atoms with Gasteiger partial charge in [0.1, 0.15) is 0 Å². The van der Waals surface area contributed by atoms with E-state index < -0.39 is 0 Å². The lowest BCUT2D eigenvalue weighted by molar-refractivity contribution is 1.04. The third-order valence-corrected chi connectivity index (χ3v) is 7.45. The van der Waals surface area contributed by atoms with Crippen molar-refractivity contribution in [3.05, 3.63) is 139 Å². The molecule has 0 bridgehead atoms. The van der Waals surface area contributed by atoms with Crippen LogP contribution in [0.2, 0.25) is 0 Å². The van der Waals surface area contributed by atoms with Crippen LogP contribution in [0.1, 0.15) is 38.7 Å². The van der Waals surface area contributed by atoms with Gasteiger partial charge in [-0.05, 0) is 90.7 Å². The van der Waals surface area contributed by atoms with Gasteiger partial charge in [-0.1, -0.05) is 142 Å². The number of hydrogen-bond donors (Lipinski definition) is 0. The maximum absolute atomic E-state index is 2.37. The molecular formula is C39H34. The van der Waals surface area contributed by atoms with Gasteiger partial charge in [-0.2, -0.15) is 0 Å². The van der Waals surface area contributed by atoms with Crippen molar-refractivity contribution < 1.29 is 0 Å². The highest BCUT2D eigenvalue weighted by molar-refractivity contribution is 6.21. The molecule has 0 saturated heterocycles. The molecule has 0 aliphatic heterocycles. The first-order valence-corrected chi connectivity index (χ1v) is 14.2. The first-order chi connectivity index (χ1) is 19.3. The van der Waals surface area contributed by atoms with Crippen molar-refractivity contribution in [1.82, 2.24) is 0 Å². The highest BCUT2D eigenvalue weighted by atomic mass is 14.2. The van der Waals surface area contributed by atoms with Crippen LogP contribution in [0.15, 0.2) is 133 Å². The van der Waals surface area contributed by atoms with Gasteiger partial charge in [0.2, 0.25) is 0 Å². The molecule has 0 nitrogen and oxygen atoms in total. The number of benzene rings is 6. The maximum atomic E-state index is 2.37. The second kappa shape index (κ2) is 11.1. The van der Waals surface area contributed by atoms with Crippen LogP contribution in [0.4, 0.5) is 0 Å². The van der Waals surface area contributed by atoms with Crippen LogP contribution >= 0.6 is 0 Å². The highest BCUT2D eigenvalue weighted by Crippen LogP contribution is 2.44. The fraction of sp³-hybridized carbons (Fsp3) is 0.128. The van der Waals surface area contributed by atoms with Crippen LogP contribution in [0, 0.1) is 0 Å². The van der Waals surface area contributed by atoms with Crippen molar-refractivity contribution in [3.8, 4) is 22.3 Å². The minimum Gasteiger partial charge on any atom is -0.0836 e. The summed E-state index contributed by atoms with van der Waals surface area (Å²) in [6.07, 6.45) is 10.4. The van der Waals surface area contributed by atoms with E-state index >= 15 is 0 Å². The fourth-order valence-electron chi connectivity index (χ4n) is 5.78. The summed E-state index contributed by atoms with van der Waals surface area (Å²) in [7, 11) is 0. The summed E-state index contributed by atoms with van der Waals surface area (Å²) in [4.78, 5) is 0. The number of rotatable bonds is 3. The molecule has 6 aromatic carbocycles. The Hall–Kier alpha value is -4.42. The standard InChI is InChI=1S/C36H26.C3H8/c1-2-11-25(12-3-1)28-15-10-16-29(23-28)35-31-17-6-8-19-33(31)36(34-20-9-7-18-32(34)35)30-22-21-26-13-4-5-14-27(26)24-30;1-3-2/h2,4-24H,1,3H2;3H2,1-2H3.